The van der Waals surface area contributed by atoms with E-state index in [1.165, 1.54) is 0 Å². The Bertz CT molecular complexity index is 279. The molecular formula is C12H23N3O2. The molecule has 1 aliphatic heterocycles. The number of nitrogens with one attached hydrogen (secondary N) is 2. The fraction of sp³-hybridized carbons (Fsp3) is 0.833. The van der Waals surface area contributed by atoms with Crippen molar-refractivity contribution in [1.29, 1.82) is 0 Å². The van der Waals surface area contributed by atoms with Crippen LogP contribution in [0.25, 0.3) is 0 Å². The number of carbonyl (C=O) groups excluding carboxylic acids is 2. The van der Waals surface area contributed by atoms with Gasteiger partial charge in [-0.2, -0.15) is 0 Å². The lowest BCUT2D eigenvalue weighted by Gasteiger charge is -2.16. The number of amides is 2. The molecule has 1 heterocycles. The van der Waals surface area contributed by atoms with Gasteiger partial charge in [0.05, 0.1) is 6.04 Å². The maximum atomic E-state index is 11.8. The minimum Gasteiger partial charge on any atom is -0.354 e. The minimum absolute atomic E-state index is 0.00977. The average Bonchev–Trinajstić information content (AvgIpc) is 2.63. The molecule has 1 fully saturated rings. The van der Waals surface area contributed by atoms with Gasteiger partial charge in [0.25, 0.3) is 0 Å². The smallest absolute Gasteiger partial charge is 0.223 e. The lowest BCUT2D eigenvalue weighted by Crippen LogP contribution is -2.39. The van der Waals surface area contributed by atoms with Gasteiger partial charge in [-0.25, -0.2) is 0 Å². The Morgan fingerprint density at radius 3 is 2.76 bits per heavy atom. The fourth-order valence-electron chi connectivity index (χ4n) is 1.93. The highest BCUT2D eigenvalue weighted by molar-refractivity contribution is 5.82. The number of carbonyl (C=O) groups is 2. The van der Waals surface area contributed by atoms with E-state index in [1.807, 2.05) is 13.8 Å². The molecule has 98 valence electrons. The van der Waals surface area contributed by atoms with E-state index in [0.717, 1.165) is 19.3 Å². The molecule has 5 heteroatoms. The van der Waals surface area contributed by atoms with Crippen molar-refractivity contribution in [3.63, 3.8) is 0 Å². The van der Waals surface area contributed by atoms with Gasteiger partial charge in [0.15, 0.2) is 0 Å². The summed E-state index contributed by atoms with van der Waals surface area (Å²) in [5.41, 5.74) is 5.66. The summed E-state index contributed by atoms with van der Waals surface area (Å²) in [6.45, 7) is 4.44. The van der Waals surface area contributed by atoms with Crippen LogP contribution in [0.2, 0.25) is 0 Å². The van der Waals surface area contributed by atoms with Crippen molar-refractivity contribution in [2.24, 2.45) is 11.7 Å². The van der Waals surface area contributed by atoms with Gasteiger partial charge in [0.1, 0.15) is 0 Å². The molecule has 0 aliphatic carbocycles. The Balaban J connectivity index is 2.20. The maximum Gasteiger partial charge on any atom is 0.223 e. The topological polar surface area (TPSA) is 84.2 Å². The Hall–Kier alpha value is -1.10. The molecule has 5 nitrogen and oxygen atoms in total. The Morgan fingerprint density at radius 1 is 1.53 bits per heavy atom. The molecule has 3 atom stereocenters. The molecule has 0 aromatic rings. The van der Waals surface area contributed by atoms with Crippen LogP contribution in [-0.4, -0.2) is 30.4 Å². The zero-order chi connectivity index (χ0) is 12.8. The lowest BCUT2D eigenvalue weighted by atomic mass is 10.0. The van der Waals surface area contributed by atoms with Crippen LogP contribution in [0, 0.1) is 5.92 Å². The van der Waals surface area contributed by atoms with Crippen molar-refractivity contribution < 1.29 is 9.59 Å². The molecule has 2 amide bonds. The first-order valence-electron chi connectivity index (χ1n) is 6.31. The van der Waals surface area contributed by atoms with E-state index in [2.05, 4.69) is 10.6 Å². The summed E-state index contributed by atoms with van der Waals surface area (Å²) in [7, 11) is 0. The second-order valence-electron chi connectivity index (χ2n) is 5.02. The molecule has 1 aliphatic rings. The molecular weight excluding hydrogens is 218 g/mol. The van der Waals surface area contributed by atoms with E-state index in [9.17, 15) is 9.59 Å². The molecule has 4 N–H and O–H groups in total. The van der Waals surface area contributed by atoms with Crippen LogP contribution in [0.3, 0.4) is 0 Å². The van der Waals surface area contributed by atoms with Crippen LogP contribution < -0.4 is 16.4 Å². The summed E-state index contributed by atoms with van der Waals surface area (Å²) in [4.78, 5) is 22.8. The van der Waals surface area contributed by atoms with Gasteiger partial charge in [-0.15, -0.1) is 0 Å². The van der Waals surface area contributed by atoms with Crippen molar-refractivity contribution in [2.45, 2.75) is 51.6 Å². The Morgan fingerprint density at radius 2 is 2.24 bits per heavy atom. The SMILES string of the molecule is CC(N)CCCC(C)C(=O)NC1CNC(=O)C1. The first-order chi connectivity index (χ1) is 7.99. The molecule has 0 bridgehead atoms. The van der Waals surface area contributed by atoms with E-state index < -0.39 is 0 Å². The van der Waals surface area contributed by atoms with Gasteiger partial charge < -0.3 is 16.4 Å². The van der Waals surface area contributed by atoms with Crippen LogP contribution in [-0.2, 0) is 9.59 Å². The van der Waals surface area contributed by atoms with Gasteiger partial charge in [-0.05, 0) is 19.8 Å². The van der Waals surface area contributed by atoms with Gasteiger partial charge >= 0.3 is 0 Å². The second-order valence-corrected chi connectivity index (χ2v) is 5.02. The van der Waals surface area contributed by atoms with E-state index >= 15 is 0 Å². The molecule has 1 rings (SSSR count). The van der Waals surface area contributed by atoms with Crippen molar-refractivity contribution in [3.8, 4) is 0 Å². The largest absolute Gasteiger partial charge is 0.354 e. The number of rotatable bonds is 6. The fourth-order valence-corrected chi connectivity index (χ4v) is 1.93. The van der Waals surface area contributed by atoms with Gasteiger partial charge in [0.2, 0.25) is 11.8 Å². The summed E-state index contributed by atoms with van der Waals surface area (Å²) in [5.74, 6) is 0.0422. The molecule has 0 radical (unpaired) electrons. The second kappa shape index (κ2) is 6.59. The van der Waals surface area contributed by atoms with Crippen LogP contribution in [0.4, 0.5) is 0 Å². The van der Waals surface area contributed by atoms with Crippen molar-refractivity contribution in [1.82, 2.24) is 10.6 Å². The van der Waals surface area contributed by atoms with E-state index in [1.54, 1.807) is 0 Å². The summed E-state index contributed by atoms with van der Waals surface area (Å²) < 4.78 is 0. The van der Waals surface area contributed by atoms with Crippen molar-refractivity contribution in [2.75, 3.05) is 6.54 Å². The highest BCUT2D eigenvalue weighted by Gasteiger charge is 2.24. The normalized spacial score (nSPS) is 23.0. The third-order valence-electron chi connectivity index (χ3n) is 3.07. The lowest BCUT2D eigenvalue weighted by molar-refractivity contribution is -0.125. The predicted octanol–water partition coefficient (Wildman–Crippen LogP) is 0.145. The third-order valence-corrected chi connectivity index (χ3v) is 3.07. The zero-order valence-corrected chi connectivity index (χ0v) is 10.7. The van der Waals surface area contributed by atoms with Crippen LogP contribution >= 0.6 is 0 Å². The standard InChI is InChI=1S/C12H23N3O2/c1-8(4-3-5-9(2)13)12(17)15-10-6-11(16)14-7-10/h8-10H,3-7,13H2,1-2H3,(H,14,16)(H,15,17). The molecule has 0 saturated carbocycles. The monoisotopic (exact) mass is 241 g/mol. The summed E-state index contributed by atoms with van der Waals surface area (Å²) >= 11 is 0. The minimum atomic E-state index is -0.0362. The highest BCUT2D eigenvalue weighted by atomic mass is 16.2. The average molecular weight is 241 g/mol. The predicted molar refractivity (Wildman–Crippen MR) is 66.2 cm³/mol. The molecule has 1 saturated heterocycles. The summed E-state index contributed by atoms with van der Waals surface area (Å²) in [5, 5.41) is 5.60. The highest BCUT2D eigenvalue weighted by Crippen LogP contribution is 2.10. The number of hydrogen-bond acceptors (Lipinski definition) is 3. The summed E-state index contributed by atoms with van der Waals surface area (Å²) in [6.07, 6.45) is 3.16. The van der Waals surface area contributed by atoms with Gasteiger partial charge in [0, 0.05) is 24.9 Å². The zero-order valence-electron chi connectivity index (χ0n) is 10.7. The first-order valence-corrected chi connectivity index (χ1v) is 6.31. The van der Waals surface area contributed by atoms with Crippen LogP contribution in [0.1, 0.15) is 39.5 Å². The van der Waals surface area contributed by atoms with Crippen LogP contribution in [0.15, 0.2) is 0 Å². The van der Waals surface area contributed by atoms with E-state index in [0.29, 0.717) is 13.0 Å². The molecule has 0 aromatic carbocycles. The summed E-state index contributed by atoms with van der Waals surface area (Å²) in [6, 6.07) is 0.160. The molecule has 3 unspecified atom stereocenters. The Labute approximate surface area is 103 Å². The number of nitrogens with two attached hydrogens (primary N) is 1. The molecule has 0 spiro atoms. The van der Waals surface area contributed by atoms with E-state index in [-0.39, 0.29) is 29.8 Å². The quantitative estimate of drug-likeness (QED) is 0.618. The first kappa shape index (κ1) is 14.0. The molecule has 0 aromatic heterocycles. The number of hydrogen-bond donors (Lipinski definition) is 3. The van der Waals surface area contributed by atoms with Crippen LogP contribution in [0.5, 0.6) is 0 Å². The van der Waals surface area contributed by atoms with Crippen molar-refractivity contribution in [3.05, 3.63) is 0 Å². The maximum absolute atomic E-state index is 11.8. The van der Waals surface area contributed by atoms with E-state index in [4.69, 9.17) is 5.73 Å². The Kier molecular flexibility index (Phi) is 5.41. The molecule has 17 heavy (non-hydrogen) atoms. The van der Waals surface area contributed by atoms with Gasteiger partial charge in [-0.3, -0.25) is 9.59 Å². The van der Waals surface area contributed by atoms with Gasteiger partial charge in [-0.1, -0.05) is 13.3 Å². The van der Waals surface area contributed by atoms with Crippen molar-refractivity contribution >= 4 is 11.8 Å². The third kappa shape index (κ3) is 5.17.